The maximum atomic E-state index is 13.7. The minimum absolute atomic E-state index is 0.203. The van der Waals surface area contributed by atoms with Crippen LogP contribution in [0.1, 0.15) is 39.2 Å². The van der Waals surface area contributed by atoms with Gasteiger partial charge in [-0.15, -0.1) is 0 Å². The molecular weight excluding hydrogens is 288 g/mol. The van der Waals surface area contributed by atoms with E-state index >= 15 is 0 Å². The van der Waals surface area contributed by atoms with Crippen molar-refractivity contribution in [2.24, 2.45) is 0 Å². The Kier molecular flexibility index (Phi) is 4.66. The zero-order chi connectivity index (χ0) is 16.5. The van der Waals surface area contributed by atoms with Crippen LogP contribution in [0.5, 0.6) is 0 Å². The predicted molar refractivity (Wildman–Crippen MR) is 81.0 cm³/mol. The molecule has 3 nitrogen and oxygen atoms in total. The van der Waals surface area contributed by atoms with Gasteiger partial charge in [-0.3, -0.25) is 4.79 Å². The fraction of sp³-hybridized carbons (Fsp3) is 0.471. The molecule has 22 heavy (non-hydrogen) atoms. The van der Waals surface area contributed by atoms with Crippen LogP contribution in [-0.2, 0) is 4.79 Å². The minimum atomic E-state index is -0.977. The molecule has 1 N–H and O–H groups in total. The third kappa shape index (κ3) is 3.53. The topological polar surface area (TPSA) is 40.5 Å². The van der Waals surface area contributed by atoms with Gasteiger partial charge in [-0.05, 0) is 51.3 Å². The summed E-state index contributed by atoms with van der Waals surface area (Å²) in [5, 5.41) is 10.1. The van der Waals surface area contributed by atoms with Gasteiger partial charge in [-0.2, -0.15) is 0 Å². The lowest BCUT2D eigenvalue weighted by atomic mass is 9.96. The number of likely N-dealkylation sites (tertiary alicyclic amines) is 1. The Morgan fingerprint density at radius 3 is 2.68 bits per heavy atom. The van der Waals surface area contributed by atoms with Crippen molar-refractivity contribution in [2.45, 2.75) is 45.3 Å². The van der Waals surface area contributed by atoms with Crippen molar-refractivity contribution in [1.29, 1.82) is 0 Å². The maximum Gasteiger partial charge on any atom is 0.247 e. The fourth-order valence-electron chi connectivity index (χ4n) is 2.92. The van der Waals surface area contributed by atoms with Crippen LogP contribution in [0.2, 0.25) is 0 Å². The molecule has 1 aromatic carbocycles. The van der Waals surface area contributed by atoms with Crippen molar-refractivity contribution in [3.8, 4) is 0 Å². The van der Waals surface area contributed by atoms with Crippen molar-refractivity contribution in [1.82, 2.24) is 4.90 Å². The van der Waals surface area contributed by atoms with Crippen LogP contribution in [-0.4, -0.2) is 34.1 Å². The first kappa shape index (κ1) is 16.6. The number of hydrogen-bond acceptors (Lipinski definition) is 2. The molecule has 0 saturated carbocycles. The zero-order valence-corrected chi connectivity index (χ0v) is 13.1. The molecule has 1 atom stereocenters. The van der Waals surface area contributed by atoms with E-state index in [1.54, 1.807) is 25.7 Å². The van der Waals surface area contributed by atoms with Crippen LogP contribution in [0.15, 0.2) is 24.3 Å². The van der Waals surface area contributed by atoms with Gasteiger partial charge in [-0.1, -0.05) is 0 Å². The molecule has 0 radical (unpaired) electrons. The standard InChI is InChI=1S/C17H21F2NO2/c1-11(13-7-6-12(18)10-14(13)19)9-16(21)20-8-4-5-15(20)17(2,3)22/h6-7,9-10,15,22H,4-5,8H2,1-3H3/b11-9-. The minimum Gasteiger partial charge on any atom is -0.388 e. The summed E-state index contributed by atoms with van der Waals surface area (Å²) in [6.07, 6.45) is 2.92. The summed E-state index contributed by atoms with van der Waals surface area (Å²) in [5.74, 6) is -1.60. The average Bonchev–Trinajstić information content (AvgIpc) is 2.87. The number of allylic oxidation sites excluding steroid dienone is 1. The number of benzene rings is 1. The highest BCUT2D eigenvalue weighted by atomic mass is 19.1. The van der Waals surface area contributed by atoms with E-state index < -0.39 is 17.2 Å². The second kappa shape index (κ2) is 6.16. The van der Waals surface area contributed by atoms with E-state index in [4.69, 9.17) is 0 Å². The molecule has 1 aliphatic heterocycles. The largest absolute Gasteiger partial charge is 0.388 e. The molecule has 1 amide bonds. The van der Waals surface area contributed by atoms with E-state index in [9.17, 15) is 18.7 Å². The van der Waals surface area contributed by atoms with Crippen molar-refractivity contribution in [3.63, 3.8) is 0 Å². The number of carbonyl (C=O) groups excluding carboxylic acids is 1. The van der Waals surface area contributed by atoms with Crippen LogP contribution in [0.3, 0.4) is 0 Å². The van der Waals surface area contributed by atoms with Crippen molar-refractivity contribution in [3.05, 3.63) is 41.5 Å². The summed E-state index contributed by atoms with van der Waals surface area (Å²) in [5.41, 5.74) is -0.340. The van der Waals surface area contributed by atoms with Gasteiger partial charge in [0.1, 0.15) is 11.6 Å². The van der Waals surface area contributed by atoms with Gasteiger partial charge in [0.25, 0.3) is 0 Å². The lowest BCUT2D eigenvalue weighted by molar-refractivity contribution is -0.131. The molecule has 5 heteroatoms. The van der Waals surface area contributed by atoms with E-state index in [0.29, 0.717) is 12.1 Å². The third-order valence-electron chi connectivity index (χ3n) is 4.05. The van der Waals surface area contributed by atoms with Gasteiger partial charge >= 0.3 is 0 Å². The third-order valence-corrected chi connectivity index (χ3v) is 4.05. The quantitative estimate of drug-likeness (QED) is 0.872. The summed E-state index contributed by atoms with van der Waals surface area (Å²) in [6, 6.07) is 3.03. The van der Waals surface area contributed by atoms with Crippen molar-refractivity contribution in [2.75, 3.05) is 6.54 Å². The van der Waals surface area contributed by atoms with Gasteiger partial charge in [0, 0.05) is 24.3 Å². The average molecular weight is 309 g/mol. The molecule has 1 fully saturated rings. The molecular formula is C17H21F2NO2. The number of carbonyl (C=O) groups is 1. The molecule has 1 unspecified atom stereocenters. The van der Waals surface area contributed by atoms with E-state index in [1.807, 2.05) is 0 Å². The molecule has 1 aromatic rings. The predicted octanol–water partition coefficient (Wildman–Crippen LogP) is 3.13. The van der Waals surface area contributed by atoms with Gasteiger partial charge in [0.15, 0.2) is 0 Å². The summed E-state index contributed by atoms with van der Waals surface area (Å²) >= 11 is 0. The number of hydrogen-bond donors (Lipinski definition) is 1. The summed E-state index contributed by atoms with van der Waals surface area (Å²) in [6.45, 7) is 5.55. The van der Waals surface area contributed by atoms with Crippen LogP contribution in [0.4, 0.5) is 8.78 Å². The van der Waals surface area contributed by atoms with Gasteiger partial charge in [0.05, 0.1) is 11.6 Å². The first-order chi connectivity index (χ1) is 10.2. The highest BCUT2D eigenvalue weighted by Crippen LogP contribution is 2.28. The summed E-state index contributed by atoms with van der Waals surface area (Å²) < 4.78 is 26.7. The van der Waals surface area contributed by atoms with Gasteiger partial charge < -0.3 is 10.0 Å². The van der Waals surface area contributed by atoms with Crippen molar-refractivity contribution < 1.29 is 18.7 Å². The number of aliphatic hydroxyl groups is 1. The van der Waals surface area contributed by atoms with E-state index in [0.717, 1.165) is 25.0 Å². The lowest BCUT2D eigenvalue weighted by Crippen LogP contribution is -2.47. The first-order valence-electron chi connectivity index (χ1n) is 7.37. The Labute approximate surface area is 129 Å². The van der Waals surface area contributed by atoms with E-state index in [2.05, 4.69) is 0 Å². The van der Waals surface area contributed by atoms with Crippen LogP contribution >= 0.6 is 0 Å². The number of nitrogens with zero attached hydrogens (tertiary/aromatic N) is 1. The Morgan fingerprint density at radius 2 is 2.09 bits per heavy atom. The van der Waals surface area contributed by atoms with Crippen LogP contribution in [0, 0.1) is 11.6 Å². The van der Waals surface area contributed by atoms with E-state index in [-0.39, 0.29) is 17.5 Å². The smallest absolute Gasteiger partial charge is 0.247 e. The van der Waals surface area contributed by atoms with E-state index in [1.165, 1.54) is 12.1 Å². The Morgan fingerprint density at radius 1 is 1.41 bits per heavy atom. The normalized spacial score (nSPS) is 19.6. The zero-order valence-electron chi connectivity index (χ0n) is 13.1. The molecule has 0 spiro atoms. The fourth-order valence-corrected chi connectivity index (χ4v) is 2.92. The maximum absolute atomic E-state index is 13.7. The van der Waals surface area contributed by atoms with Crippen molar-refractivity contribution >= 4 is 11.5 Å². The Hall–Kier alpha value is -1.75. The first-order valence-corrected chi connectivity index (χ1v) is 7.37. The number of halogens is 2. The van der Waals surface area contributed by atoms with Gasteiger partial charge in [0.2, 0.25) is 5.91 Å². The SMILES string of the molecule is C/C(=C/C(=O)N1CCCC1C(C)(C)O)c1ccc(F)cc1F. The molecule has 1 heterocycles. The molecule has 1 aliphatic rings. The number of rotatable bonds is 3. The molecule has 0 aromatic heterocycles. The Bertz CT molecular complexity index is 605. The Balaban J connectivity index is 2.22. The lowest BCUT2D eigenvalue weighted by Gasteiger charge is -2.33. The summed E-state index contributed by atoms with van der Waals surface area (Å²) in [7, 11) is 0. The second-order valence-corrected chi connectivity index (χ2v) is 6.29. The monoisotopic (exact) mass is 309 g/mol. The molecule has 0 bridgehead atoms. The highest BCUT2D eigenvalue weighted by Gasteiger charge is 2.37. The molecule has 2 rings (SSSR count). The highest BCUT2D eigenvalue weighted by molar-refractivity contribution is 5.95. The number of amides is 1. The van der Waals surface area contributed by atoms with Crippen LogP contribution < -0.4 is 0 Å². The second-order valence-electron chi connectivity index (χ2n) is 6.29. The van der Waals surface area contributed by atoms with Crippen LogP contribution in [0.25, 0.3) is 5.57 Å². The van der Waals surface area contributed by atoms with Gasteiger partial charge in [-0.25, -0.2) is 8.78 Å². The molecule has 120 valence electrons. The molecule has 1 saturated heterocycles. The summed E-state index contributed by atoms with van der Waals surface area (Å²) in [4.78, 5) is 14.0. The molecule has 0 aliphatic carbocycles.